The molecular formula is C19H18N2O4S2. The molecule has 0 radical (unpaired) electrons. The Kier molecular flexibility index (Phi) is 5.88. The Morgan fingerprint density at radius 2 is 1.81 bits per heavy atom. The van der Waals surface area contributed by atoms with Gasteiger partial charge in [-0.2, -0.15) is 0 Å². The molecule has 0 aliphatic rings. The van der Waals surface area contributed by atoms with Gasteiger partial charge in [-0.25, -0.2) is 13.4 Å². The van der Waals surface area contributed by atoms with Gasteiger partial charge >= 0.3 is 0 Å². The second-order valence-electron chi connectivity index (χ2n) is 5.70. The van der Waals surface area contributed by atoms with E-state index in [-0.39, 0.29) is 23.0 Å². The first-order valence-corrected chi connectivity index (χ1v) is 10.7. The molecule has 1 N–H and O–H groups in total. The van der Waals surface area contributed by atoms with E-state index in [0.29, 0.717) is 10.9 Å². The van der Waals surface area contributed by atoms with Gasteiger partial charge in [0.15, 0.2) is 15.0 Å². The van der Waals surface area contributed by atoms with E-state index in [4.69, 9.17) is 4.74 Å². The quantitative estimate of drug-likeness (QED) is 0.652. The van der Waals surface area contributed by atoms with Gasteiger partial charge in [-0.3, -0.25) is 4.79 Å². The molecule has 6 nitrogen and oxygen atoms in total. The summed E-state index contributed by atoms with van der Waals surface area (Å²) in [6.45, 7) is 0. The van der Waals surface area contributed by atoms with Crippen molar-refractivity contribution in [2.24, 2.45) is 0 Å². The van der Waals surface area contributed by atoms with Crippen LogP contribution < -0.4 is 10.1 Å². The number of aromatic nitrogens is 1. The van der Waals surface area contributed by atoms with E-state index in [9.17, 15) is 13.2 Å². The molecule has 3 aromatic rings. The molecule has 0 fully saturated rings. The molecule has 0 aliphatic carbocycles. The van der Waals surface area contributed by atoms with Crippen molar-refractivity contribution in [1.29, 1.82) is 0 Å². The summed E-state index contributed by atoms with van der Waals surface area (Å²) in [6, 6.07) is 15.7. The number of amides is 1. The van der Waals surface area contributed by atoms with Crippen LogP contribution in [-0.2, 0) is 14.6 Å². The van der Waals surface area contributed by atoms with Crippen LogP contribution in [0.15, 0.2) is 64.9 Å². The van der Waals surface area contributed by atoms with Crippen molar-refractivity contribution in [3.05, 3.63) is 60.0 Å². The van der Waals surface area contributed by atoms with Crippen molar-refractivity contribution in [1.82, 2.24) is 4.98 Å². The van der Waals surface area contributed by atoms with Crippen molar-refractivity contribution < 1.29 is 17.9 Å². The summed E-state index contributed by atoms with van der Waals surface area (Å²) in [5.74, 6) is -0.0899. The van der Waals surface area contributed by atoms with E-state index in [1.807, 2.05) is 35.7 Å². The van der Waals surface area contributed by atoms with Crippen LogP contribution in [0.4, 0.5) is 5.13 Å². The number of carbonyl (C=O) groups excluding carboxylic acids is 1. The third-order valence-corrected chi connectivity index (χ3v) is 6.33. The number of nitrogens with zero attached hydrogens (tertiary/aromatic N) is 1. The number of anilines is 1. The van der Waals surface area contributed by atoms with Crippen molar-refractivity contribution in [3.8, 4) is 17.0 Å². The molecule has 1 amide bonds. The summed E-state index contributed by atoms with van der Waals surface area (Å²) >= 11 is 1.30. The fraction of sp³-hybridized carbons (Fsp3) is 0.158. The monoisotopic (exact) mass is 402 g/mol. The van der Waals surface area contributed by atoms with E-state index >= 15 is 0 Å². The highest BCUT2D eigenvalue weighted by atomic mass is 32.2. The van der Waals surface area contributed by atoms with E-state index in [1.54, 1.807) is 12.1 Å². The summed E-state index contributed by atoms with van der Waals surface area (Å²) in [5.41, 5.74) is 1.72. The maximum absolute atomic E-state index is 12.3. The number of thiazole rings is 1. The number of ether oxygens (including phenoxy) is 1. The smallest absolute Gasteiger partial charge is 0.227 e. The Bertz CT molecular complexity index is 1010. The maximum Gasteiger partial charge on any atom is 0.227 e. The number of hydrogen-bond acceptors (Lipinski definition) is 6. The van der Waals surface area contributed by atoms with Gasteiger partial charge in [-0.05, 0) is 24.3 Å². The number of carbonyl (C=O) groups is 1. The summed E-state index contributed by atoms with van der Waals surface area (Å²) < 4.78 is 29.7. The lowest BCUT2D eigenvalue weighted by molar-refractivity contribution is -0.115. The molecule has 1 heterocycles. The summed E-state index contributed by atoms with van der Waals surface area (Å²) in [6.07, 6.45) is -0.144. The topological polar surface area (TPSA) is 85.4 Å². The molecule has 0 bridgehead atoms. The number of sulfone groups is 1. The third-order valence-electron chi connectivity index (χ3n) is 3.84. The lowest BCUT2D eigenvalue weighted by Gasteiger charge is -2.06. The van der Waals surface area contributed by atoms with E-state index in [0.717, 1.165) is 11.3 Å². The van der Waals surface area contributed by atoms with Crippen molar-refractivity contribution >= 4 is 32.2 Å². The molecule has 0 atom stereocenters. The van der Waals surface area contributed by atoms with Gasteiger partial charge in [0.2, 0.25) is 5.91 Å². The normalized spacial score (nSPS) is 11.1. The first-order chi connectivity index (χ1) is 13.0. The van der Waals surface area contributed by atoms with Gasteiger partial charge in [0.25, 0.3) is 0 Å². The van der Waals surface area contributed by atoms with Crippen LogP contribution in [0.3, 0.4) is 0 Å². The average Bonchev–Trinajstić information content (AvgIpc) is 3.16. The van der Waals surface area contributed by atoms with Crippen LogP contribution in [-0.4, -0.2) is 32.2 Å². The summed E-state index contributed by atoms with van der Waals surface area (Å²) in [5, 5.41) is 4.95. The minimum Gasteiger partial charge on any atom is -0.497 e. The molecule has 0 saturated carbocycles. The Hall–Kier alpha value is -2.71. The van der Waals surface area contributed by atoms with Gasteiger partial charge < -0.3 is 10.1 Å². The Morgan fingerprint density at radius 3 is 2.48 bits per heavy atom. The number of benzene rings is 2. The van der Waals surface area contributed by atoms with Gasteiger partial charge in [0, 0.05) is 17.4 Å². The average molecular weight is 402 g/mol. The molecule has 8 heteroatoms. The highest BCUT2D eigenvalue weighted by Gasteiger charge is 2.17. The number of rotatable bonds is 7. The Balaban J connectivity index is 1.58. The SMILES string of the molecule is COc1ccc(S(=O)(=O)CCC(=O)Nc2nc(-c3ccccc3)cs2)cc1. The fourth-order valence-electron chi connectivity index (χ4n) is 2.38. The van der Waals surface area contributed by atoms with Crippen LogP contribution >= 0.6 is 11.3 Å². The zero-order valence-electron chi connectivity index (χ0n) is 14.6. The van der Waals surface area contributed by atoms with Crippen LogP contribution in [0, 0.1) is 0 Å². The van der Waals surface area contributed by atoms with E-state index in [2.05, 4.69) is 10.3 Å². The lowest BCUT2D eigenvalue weighted by atomic mass is 10.2. The van der Waals surface area contributed by atoms with E-state index < -0.39 is 9.84 Å². The molecule has 27 heavy (non-hydrogen) atoms. The van der Waals surface area contributed by atoms with Gasteiger partial charge in [-0.15, -0.1) is 11.3 Å². The first kappa shape index (κ1) is 19.1. The van der Waals surface area contributed by atoms with Crippen LogP contribution in [0.2, 0.25) is 0 Å². The Morgan fingerprint density at radius 1 is 1.11 bits per heavy atom. The lowest BCUT2D eigenvalue weighted by Crippen LogP contribution is -2.17. The molecule has 1 aromatic heterocycles. The molecular weight excluding hydrogens is 384 g/mol. The fourth-order valence-corrected chi connectivity index (χ4v) is 4.36. The first-order valence-electron chi connectivity index (χ1n) is 8.15. The van der Waals surface area contributed by atoms with Gasteiger partial charge in [0.05, 0.1) is 23.5 Å². The minimum atomic E-state index is -3.54. The van der Waals surface area contributed by atoms with E-state index in [1.165, 1.54) is 30.6 Å². The number of hydrogen-bond donors (Lipinski definition) is 1. The summed E-state index contributed by atoms with van der Waals surface area (Å²) in [7, 11) is -2.03. The second kappa shape index (κ2) is 8.32. The third kappa shape index (κ3) is 4.93. The number of methoxy groups -OCH3 is 1. The van der Waals surface area contributed by atoms with Gasteiger partial charge in [-0.1, -0.05) is 30.3 Å². The van der Waals surface area contributed by atoms with Crippen LogP contribution in [0.5, 0.6) is 5.75 Å². The maximum atomic E-state index is 12.3. The second-order valence-corrected chi connectivity index (χ2v) is 8.66. The molecule has 140 valence electrons. The Labute approximate surface area is 161 Å². The molecule has 2 aromatic carbocycles. The van der Waals surface area contributed by atoms with Crippen molar-refractivity contribution in [2.75, 3.05) is 18.2 Å². The molecule has 0 saturated heterocycles. The minimum absolute atomic E-state index is 0.144. The zero-order chi connectivity index (χ0) is 19.3. The highest BCUT2D eigenvalue weighted by Crippen LogP contribution is 2.24. The molecule has 0 spiro atoms. The summed E-state index contributed by atoms with van der Waals surface area (Å²) in [4.78, 5) is 16.6. The largest absolute Gasteiger partial charge is 0.497 e. The predicted molar refractivity (Wildman–Crippen MR) is 106 cm³/mol. The van der Waals surface area contributed by atoms with Crippen molar-refractivity contribution in [2.45, 2.75) is 11.3 Å². The zero-order valence-corrected chi connectivity index (χ0v) is 16.2. The molecule has 3 rings (SSSR count). The van der Waals surface area contributed by atoms with Crippen LogP contribution in [0.1, 0.15) is 6.42 Å². The van der Waals surface area contributed by atoms with Gasteiger partial charge in [0.1, 0.15) is 5.75 Å². The van der Waals surface area contributed by atoms with Crippen molar-refractivity contribution in [3.63, 3.8) is 0 Å². The highest BCUT2D eigenvalue weighted by molar-refractivity contribution is 7.91. The van der Waals surface area contributed by atoms with Crippen LogP contribution in [0.25, 0.3) is 11.3 Å². The standard InChI is InChI=1S/C19H18N2O4S2/c1-25-15-7-9-16(10-8-15)27(23,24)12-11-18(22)21-19-20-17(13-26-19)14-5-3-2-4-6-14/h2-10,13H,11-12H2,1H3,(H,20,21,22). The predicted octanol–water partition coefficient (Wildman–Crippen LogP) is 3.62. The molecule has 0 unspecified atom stereocenters. The molecule has 0 aliphatic heterocycles. The number of nitrogens with one attached hydrogen (secondary N) is 1.